The number of Topliss-reactive ketones (excluding diaryl/α,β-unsaturated/α-hetero) is 1. The van der Waals surface area contributed by atoms with Crippen molar-refractivity contribution in [2.45, 2.75) is 42.5 Å². The van der Waals surface area contributed by atoms with Crippen molar-refractivity contribution in [1.29, 1.82) is 0 Å². The van der Waals surface area contributed by atoms with Crippen LogP contribution in [0.3, 0.4) is 0 Å². The largest absolute Gasteiger partial charge is 0.465 e. The zero-order valence-electron chi connectivity index (χ0n) is 13.3. The molecule has 2 aliphatic rings. The second-order valence-corrected chi connectivity index (χ2v) is 8.28. The Labute approximate surface area is 151 Å². The lowest BCUT2D eigenvalue weighted by Crippen LogP contribution is -2.51. The lowest BCUT2D eigenvalue weighted by molar-refractivity contribution is -0.128. The van der Waals surface area contributed by atoms with E-state index in [4.69, 9.17) is 23.2 Å². The molecule has 3 rings (SSSR count). The first-order chi connectivity index (χ1) is 11.4. The van der Waals surface area contributed by atoms with Gasteiger partial charge in [0, 0.05) is 24.9 Å². The number of amides is 1. The summed E-state index contributed by atoms with van der Waals surface area (Å²) in [5.74, 6) is 0.246. The molecule has 130 valence electrons. The van der Waals surface area contributed by atoms with Gasteiger partial charge in [-0.15, -0.1) is 0 Å². The molecule has 1 aromatic carbocycles. The van der Waals surface area contributed by atoms with E-state index in [0.29, 0.717) is 25.3 Å². The van der Waals surface area contributed by atoms with Crippen molar-refractivity contribution in [2.24, 2.45) is 11.8 Å². The summed E-state index contributed by atoms with van der Waals surface area (Å²) >= 11 is 12.2. The Morgan fingerprint density at radius 2 is 2.00 bits per heavy atom. The number of hydrogen-bond acceptors (Lipinski definition) is 2. The molecule has 24 heavy (non-hydrogen) atoms. The number of piperidine rings is 1. The Balaban J connectivity index is 1.65. The first kappa shape index (κ1) is 17.6. The number of benzene rings is 1. The Hall–Kier alpha value is -1.26. The molecular weight excluding hydrogens is 349 g/mol. The lowest BCUT2D eigenvalue weighted by Gasteiger charge is -2.43. The molecule has 0 aromatic heterocycles. The van der Waals surface area contributed by atoms with E-state index < -0.39 is 10.4 Å². The van der Waals surface area contributed by atoms with E-state index in [1.807, 2.05) is 30.3 Å². The molecular formula is C18H21Cl2NO3. The van der Waals surface area contributed by atoms with E-state index >= 15 is 0 Å². The molecule has 0 bridgehead atoms. The number of rotatable bonds is 4. The fourth-order valence-electron chi connectivity index (χ4n) is 3.90. The summed E-state index contributed by atoms with van der Waals surface area (Å²) in [7, 11) is 0. The second kappa shape index (κ2) is 6.93. The van der Waals surface area contributed by atoms with Gasteiger partial charge in [-0.1, -0.05) is 53.5 Å². The number of carbonyl (C=O) groups is 2. The van der Waals surface area contributed by atoms with Crippen LogP contribution in [0.1, 0.15) is 31.2 Å². The molecule has 1 aliphatic heterocycles. The van der Waals surface area contributed by atoms with Crippen LogP contribution in [-0.2, 0) is 11.2 Å². The summed E-state index contributed by atoms with van der Waals surface area (Å²) in [5, 5.41) is 9.47. The number of hydrogen-bond donors (Lipinski definition) is 1. The van der Waals surface area contributed by atoms with Crippen LogP contribution in [-0.4, -0.2) is 38.8 Å². The standard InChI is InChI=1S/C18H21Cl2NO3/c19-18(20)14(11-16(18)22)8-13-6-7-21(17(23)24)15(10-13)9-12-4-2-1-3-5-12/h1-5,13-15H,6-11H2,(H,23,24). The molecule has 0 radical (unpaired) electrons. The van der Waals surface area contributed by atoms with Crippen LogP contribution in [0.15, 0.2) is 30.3 Å². The predicted molar refractivity (Wildman–Crippen MR) is 93.6 cm³/mol. The topological polar surface area (TPSA) is 57.6 Å². The van der Waals surface area contributed by atoms with Crippen LogP contribution in [0, 0.1) is 11.8 Å². The Kier molecular flexibility index (Phi) is 5.07. The highest BCUT2D eigenvalue weighted by Crippen LogP contribution is 2.49. The van der Waals surface area contributed by atoms with Crippen molar-refractivity contribution in [1.82, 2.24) is 4.90 Å². The first-order valence-corrected chi connectivity index (χ1v) is 9.08. The van der Waals surface area contributed by atoms with Crippen LogP contribution < -0.4 is 0 Å². The van der Waals surface area contributed by atoms with Gasteiger partial charge in [-0.3, -0.25) is 4.79 Å². The summed E-state index contributed by atoms with van der Waals surface area (Å²) in [4.78, 5) is 24.6. The van der Waals surface area contributed by atoms with E-state index in [1.54, 1.807) is 4.90 Å². The van der Waals surface area contributed by atoms with Gasteiger partial charge in [0.25, 0.3) is 0 Å². The molecule has 1 saturated heterocycles. The molecule has 6 heteroatoms. The van der Waals surface area contributed by atoms with Crippen molar-refractivity contribution in [3.8, 4) is 0 Å². The SMILES string of the molecule is O=C(O)N1CCC(CC2CC(=O)C2(Cl)Cl)CC1Cc1ccccc1. The second-order valence-electron chi connectivity index (χ2n) is 6.89. The molecule has 3 unspecified atom stereocenters. The van der Waals surface area contributed by atoms with E-state index in [1.165, 1.54) is 0 Å². The Morgan fingerprint density at radius 3 is 2.58 bits per heavy atom. The van der Waals surface area contributed by atoms with Gasteiger partial charge in [-0.2, -0.15) is 0 Å². The fraction of sp³-hybridized carbons (Fsp3) is 0.556. The molecule has 1 saturated carbocycles. The van der Waals surface area contributed by atoms with Crippen LogP contribution in [0.25, 0.3) is 0 Å². The molecule has 0 spiro atoms. The number of halogens is 2. The highest BCUT2D eigenvalue weighted by atomic mass is 35.5. The average molecular weight is 370 g/mol. The normalized spacial score (nSPS) is 29.2. The van der Waals surface area contributed by atoms with Gasteiger partial charge in [-0.05, 0) is 37.2 Å². The van der Waals surface area contributed by atoms with E-state index in [0.717, 1.165) is 24.8 Å². The third-order valence-corrected chi connectivity index (χ3v) is 6.36. The van der Waals surface area contributed by atoms with E-state index in [2.05, 4.69) is 0 Å². The summed E-state index contributed by atoms with van der Waals surface area (Å²) in [6.45, 7) is 0.524. The summed E-state index contributed by atoms with van der Waals surface area (Å²) in [6, 6.07) is 9.90. The monoisotopic (exact) mass is 369 g/mol. The van der Waals surface area contributed by atoms with Crippen molar-refractivity contribution >= 4 is 35.1 Å². The molecule has 1 N–H and O–H groups in total. The number of carboxylic acid groups (broad SMARTS) is 1. The number of carbonyl (C=O) groups excluding carboxylic acids is 1. The predicted octanol–water partition coefficient (Wildman–Crippen LogP) is 4.14. The van der Waals surface area contributed by atoms with Gasteiger partial charge >= 0.3 is 6.09 Å². The molecule has 1 aromatic rings. The van der Waals surface area contributed by atoms with Crippen molar-refractivity contribution in [3.63, 3.8) is 0 Å². The molecule has 1 aliphatic carbocycles. The van der Waals surface area contributed by atoms with Gasteiger partial charge in [0.15, 0.2) is 10.1 Å². The van der Waals surface area contributed by atoms with Crippen LogP contribution in [0.2, 0.25) is 0 Å². The van der Waals surface area contributed by atoms with Crippen LogP contribution in [0.4, 0.5) is 4.79 Å². The third-order valence-electron chi connectivity index (χ3n) is 5.32. The Bertz CT molecular complexity index is 620. The number of alkyl halides is 2. The van der Waals surface area contributed by atoms with Crippen molar-refractivity contribution < 1.29 is 14.7 Å². The highest BCUT2D eigenvalue weighted by molar-refractivity contribution is 6.60. The maximum absolute atomic E-state index is 11.5. The zero-order chi connectivity index (χ0) is 17.3. The minimum Gasteiger partial charge on any atom is -0.465 e. The van der Waals surface area contributed by atoms with Crippen molar-refractivity contribution in [3.05, 3.63) is 35.9 Å². The van der Waals surface area contributed by atoms with Gasteiger partial charge in [0.05, 0.1) is 0 Å². The summed E-state index contributed by atoms with van der Waals surface area (Å²) in [5.41, 5.74) is 1.14. The maximum atomic E-state index is 11.5. The van der Waals surface area contributed by atoms with Gasteiger partial charge in [-0.25, -0.2) is 4.79 Å². The first-order valence-electron chi connectivity index (χ1n) is 8.32. The summed E-state index contributed by atoms with van der Waals surface area (Å²) < 4.78 is -1.24. The minimum absolute atomic E-state index is 0.00733. The van der Waals surface area contributed by atoms with Crippen molar-refractivity contribution in [2.75, 3.05) is 6.54 Å². The smallest absolute Gasteiger partial charge is 0.407 e. The number of nitrogens with zero attached hydrogens (tertiary/aromatic N) is 1. The fourth-order valence-corrected chi connectivity index (χ4v) is 4.38. The average Bonchev–Trinajstić information content (AvgIpc) is 2.55. The zero-order valence-corrected chi connectivity index (χ0v) is 14.8. The van der Waals surface area contributed by atoms with Gasteiger partial charge in [0.2, 0.25) is 0 Å². The van der Waals surface area contributed by atoms with Gasteiger partial charge in [0.1, 0.15) is 0 Å². The highest BCUT2D eigenvalue weighted by Gasteiger charge is 2.53. The molecule has 1 amide bonds. The quantitative estimate of drug-likeness (QED) is 0.811. The van der Waals surface area contributed by atoms with Crippen LogP contribution in [0.5, 0.6) is 0 Å². The maximum Gasteiger partial charge on any atom is 0.407 e. The number of likely N-dealkylation sites (tertiary alicyclic amines) is 1. The molecule has 3 atom stereocenters. The van der Waals surface area contributed by atoms with Gasteiger partial charge < -0.3 is 10.0 Å². The number of ketones is 1. The van der Waals surface area contributed by atoms with Crippen LogP contribution >= 0.6 is 23.2 Å². The molecule has 1 heterocycles. The lowest BCUT2D eigenvalue weighted by atomic mass is 9.73. The van der Waals surface area contributed by atoms with E-state index in [-0.39, 0.29) is 17.7 Å². The molecule has 2 fully saturated rings. The third kappa shape index (κ3) is 3.55. The summed E-state index contributed by atoms with van der Waals surface area (Å²) in [6.07, 6.45) is 2.66. The Morgan fingerprint density at radius 1 is 1.29 bits per heavy atom. The van der Waals surface area contributed by atoms with E-state index in [9.17, 15) is 14.7 Å². The molecule has 4 nitrogen and oxygen atoms in total. The minimum atomic E-state index is -1.24.